The van der Waals surface area contributed by atoms with Crippen LogP contribution >= 0.6 is 23.2 Å². The van der Waals surface area contributed by atoms with Gasteiger partial charge in [0.2, 0.25) is 0 Å². The minimum Gasteiger partial charge on any atom is -0.452 e. The van der Waals surface area contributed by atoms with Crippen LogP contribution in [0.1, 0.15) is 15.9 Å². The van der Waals surface area contributed by atoms with Crippen LogP contribution in [0.5, 0.6) is 0 Å². The number of nitrogen functional groups attached to an aromatic ring is 1. The van der Waals surface area contributed by atoms with E-state index >= 15 is 0 Å². The molecule has 3 N–H and O–H groups in total. The molecule has 1 amide bonds. The maximum absolute atomic E-state index is 12.0. The predicted molar refractivity (Wildman–Crippen MR) is 101 cm³/mol. The fraction of sp³-hybridized carbons (Fsp3) is 0.176. The summed E-state index contributed by atoms with van der Waals surface area (Å²) in [6, 6.07) is 8.44. The Balaban J connectivity index is 1.84. The zero-order valence-electron chi connectivity index (χ0n) is 13.9. The third-order valence-electron chi connectivity index (χ3n) is 3.53. The molecule has 0 saturated heterocycles. The van der Waals surface area contributed by atoms with Crippen molar-refractivity contribution >= 4 is 46.5 Å². The molecule has 0 radical (unpaired) electrons. The zero-order chi connectivity index (χ0) is 20.0. The van der Waals surface area contributed by atoms with Gasteiger partial charge in [-0.2, -0.15) is 0 Å². The van der Waals surface area contributed by atoms with Crippen LogP contribution in [-0.2, 0) is 16.0 Å². The van der Waals surface area contributed by atoms with E-state index in [9.17, 15) is 19.7 Å². The number of esters is 1. The van der Waals surface area contributed by atoms with E-state index < -0.39 is 23.4 Å². The number of carbonyl (C=O) groups is 2. The monoisotopic (exact) mass is 411 g/mol. The van der Waals surface area contributed by atoms with Crippen molar-refractivity contribution in [3.05, 3.63) is 67.7 Å². The molecule has 8 nitrogen and oxygen atoms in total. The summed E-state index contributed by atoms with van der Waals surface area (Å²) in [5.74, 6) is -1.45. The van der Waals surface area contributed by atoms with Crippen LogP contribution in [0.4, 0.5) is 11.4 Å². The quantitative estimate of drug-likeness (QED) is 0.312. The Hall–Kier alpha value is -2.84. The molecule has 2 aromatic carbocycles. The van der Waals surface area contributed by atoms with Gasteiger partial charge in [-0.05, 0) is 30.2 Å². The highest BCUT2D eigenvalue weighted by molar-refractivity contribution is 6.35. The summed E-state index contributed by atoms with van der Waals surface area (Å²) < 4.78 is 4.85. The minimum absolute atomic E-state index is 0.0170. The second-order valence-corrected chi connectivity index (χ2v) is 6.28. The summed E-state index contributed by atoms with van der Waals surface area (Å²) >= 11 is 11.9. The number of nitro groups is 1. The number of non-ortho nitro benzene ring substituents is 1. The summed E-state index contributed by atoms with van der Waals surface area (Å²) in [7, 11) is 0. The van der Waals surface area contributed by atoms with Gasteiger partial charge in [-0.3, -0.25) is 14.9 Å². The Morgan fingerprint density at radius 1 is 1.19 bits per heavy atom. The van der Waals surface area contributed by atoms with E-state index in [1.807, 2.05) is 0 Å². The molecular formula is C17H15Cl2N3O5. The van der Waals surface area contributed by atoms with Crippen LogP contribution in [0.15, 0.2) is 36.4 Å². The number of rotatable bonds is 7. The number of nitrogens with one attached hydrogen (secondary N) is 1. The van der Waals surface area contributed by atoms with Gasteiger partial charge in [0.15, 0.2) is 6.61 Å². The normalized spacial score (nSPS) is 10.3. The van der Waals surface area contributed by atoms with Crippen LogP contribution in [0.3, 0.4) is 0 Å². The Bertz CT molecular complexity index is 889. The largest absolute Gasteiger partial charge is 0.452 e. The van der Waals surface area contributed by atoms with Crippen molar-refractivity contribution in [3.63, 3.8) is 0 Å². The molecule has 0 bridgehead atoms. The molecule has 0 aliphatic carbocycles. The van der Waals surface area contributed by atoms with E-state index in [4.69, 9.17) is 33.7 Å². The highest BCUT2D eigenvalue weighted by Crippen LogP contribution is 2.21. The number of hydrogen-bond donors (Lipinski definition) is 2. The third kappa shape index (κ3) is 5.83. The summed E-state index contributed by atoms with van der Waals surface area (Å²) in [5.41, 5.74) is 5.96. The van der Waals surface area contributed by atoms with Gasteiger partial charge in [0.05, 0.1) is 10.5 Å². The number of amides is 1. The van der Waals surface area contributed by atoms with Crippen LogP contribution < -0.4 is 11.1 Å². The van der Waals surface area contributed by atoms with Crippen molar-refractivity contribution < 1.29 is 19.2 Å². The predicted octanol–water partition coefficient (Wildman–Crippen LogP) is 3.00. The molecule has 0 aliphatic rings. The molecule has 2 aromatic rings. The smallest absolute Gasteiger partial charge is 0.341 e. The standard InChI is InChI=1S/C17H15Cl2N3O5/c18-11-2-1-10(14(19)7-11)5-6-21-16(23)9-27-17(24)13-8-12(22(25)26)3-4-15(13)20/h1-4,7-8H,5-6,9,20H2,(H,21,23). The first-order valence-corrected chi connectivity index (χ1v) is 8.45. The average Bonchev–Trinajstić information content (AvgIpc) is 2.61. The molecule has 0 aromatic heterocycles. The highest BCUT2D eigenvalue weighted by atomic mass is 35.5. The number of carbonyl (C=O) groups excluding carboxylic acids is 2. The van der Waals surface area contributed by atoms with Gasteiger partial charge >= 0.3 is 5.97 Å². The number of nitrogens with two attached hydrogens (primary N) is 1. The lowest BCUT2D eigenvalue weighted by Crippen LogP contribution is -2.30. The summed E-state index contributed by atoms with van der Waals surface area (Å²) in [6.07, 6.45) is 0.466. The molecule has 2 rings (SSSR count). The van der Waals surface area contributed by atoms with Gasteiger partial charge in [0.25, 0.3) is 11.6 Å². The third-order valence-corrected chi connectivity index (χ3v) is 4.12. The molecule has 0 atom stereocenters. The summed E-state index contributed by atoms with van der Waals surface area (Å²) in [4.78, 5) is 33.9. The molecule has 10 heteroatoms. The molecular weight excluding hydrogens is 397 g/mol. The zero-order valence-corrected chi connectivity index (χ0v) is 15.4. The number of nitrogens with zero attached hydrogens (tertiary/aromatic N) is 1. The molecule has 0 heterocycles. The van der Waals surface area contributed by atoms with E-state index in [1.165, 1.54) is 12.1 Å². The number of hydrogen-bond acceptors (Lipinski definition) is 6. The Kier molecular flexibility index (Phi) is 6.98. The number of halogens is 2. The Morgan fingerprint density at radius 3 is 2.59 bits per heavy atom. The van der Waals surface area contributed by atoms with Crippen molar-refractivity contribution in [1.82, 2.24) is 5.32 Å². The van der Waals surface area contributed by atoms with Crippen molar-refractivity contribution in [1.29, 1.82) is 0 Å². The first-order chi connectivity index (χ1) is 12.8. The number of nitro benzene ring substituents is 1. The fourth-order valence-electron chi connectivity index (χ4n) is 2.16. The Labute approximate surface area is 164 Å². The SMILES string of the molecule is Nc1ccc([N+](=O)[O-])cc1C(=O)OCC(=O)NCCc1ccc(Cl)cc1Cl. The average molecular weight is 412 g/mol. The lowest BCUT2D eigenvalue weighted by atomic mass is 10.1. The van der Waals surface area contributed by atoms with Crippen LogP contribution in [0.25, 0.3) is 0 Å². The minimum atomic E-state index is -0.924. The number of anilines is 1. The maximum atomic E-state index is 12.0. The molecule has 0 saturated carbocycles. The van der Waals surface area contributed by atoms with E-state index in [-0.39, 0.29) is 23.5 Å². The second-order valence-electron chi connectivity index (χ2n) is 5.44. The fourth-order valence-corrected chi connectivity index (χ4v) is 2.66. The number of benzene rings is 2. The van der Waals surface area contributed by atoms with Gasteiger partial charge < -0.3 is 15.8 Å². The van der Waals surface area contributed by atoms with Crippen molar-refractivity contribution in [3.8, 4) is 0 Å². The molecule has 27 heavy (non-hydrogen) atoms. The second kappa shape index (κ2) is 9.20. The van der Waals surface area contributed by atoms with Crippen LogP contribution in [0, 0.1) is 10.1 Å². The summed E-state index contributed by atoms with van der Waals surface area (Å²) in [6.45, 7) is -0.272. The van der Waals surface area contributed by atoms with E-state index in [2.05, 4.69) is 5.32 Å². The van der Waals surface area contributed by atoms with Crippen LogP contribution in [0.2, 0.25) is 10.0 Å². The lowest BCUT2D eigenvalue weighted by Gasteiger charge is -2.09. The molecule has 0 aliphatic heterocycles. The van der Waals surface area contributed by atoms with Gasteiger partial charge in [-0.15, -0.1) is 0 Å². The van der Waals surface area contributed by atoms with Gasteiger partial charge in [0, 0.05) is 34.4 Å². The first-order valence-electron chi connectivity index (χ1n) is 7.69. The Morgan fingerprint density at radius 2 is 1.93 bits per heavy atom. The van der Waals surface area contributed by atoms with E-state index in [0.29, 0.717) is 16.5 Å². The van der Waals surface area contributed by atoms with E-state index in [0.717, 1.165) is 11.6 Å². The van der Waals surface area contributed by atoms with Gasteiger partial charge in [-0.1, -0.05) is 29.3 Å². The molecule has 0 fully saturated rings. The lowest BCUT2D eigenvalue weighted by molar-refractivity contribution is -0.384. The molecule has 0 unspecified atom stereocenters. The van der Waals surface area contributed by atoms with Gasteiger partial charge in [-0.25, -0.2) is 4.79 Å². The van der Waals surface area contributed by atoms with E-state index in [1.54, 1.807) is 18.2 Å². The van der Waals surface area contributed by atoms with Crippen molar-refractivity contribution in [2.24, 2.45) is 0 Å². The highest BCUT2D eigenvalue weighted by Gasteiger charge is 2.17. The molecule has 142 valence electrons. The van der Waals surface area contributed by atoms with Gasteiger partial charge in [0.1, 0.15) is 0 Å². The van der Waals surface area contributed by atoms with Crippen molar-refractivity contribution in [2.75, 3.05) is 18.9 Å². The maximum Gasteiger partial charge on any atom is 0.341 e. The topological polar surface area (TPSA) is 125 Å². The van der Waals surface area contributed by atoms with Crippen LogP contribution in [-0.4, -0.2) is 30.0 Å². The van der Waals surface area contributed by atoms with Crippen molar-refractivity contribution in [2.45, 2.75) is 6.42 Å². The number of ether oxygens (including phenoxy) is 1. The summed E-state index contributed by atoms with van der Waals surface area (Å²) in [5, 5.41) is 14.3. The molecule has 0 spiro atoms. The first kappa shape index (κ1) is 20.5.